The van der Waals surface area contributed by atoms with Gasteiger partial charge in [0.15, 0.2) is 0 Å². The average molecular weight is 276 g/mol. The molecule has 20 heavy (non-hydrogen) atoms. The van der Waals surface area contributed by atoms with Gasteiger partial charge in [0.2, 0.25) is 5.91 Å². The molecule has 0 unspecified atom stereocenters. The van der Waals surface area contributed by atoms with Gasteiger partial charge in [0.05, 0.1) is 0 Å². The van der Waals surface area contributed by atoms with Gasteiger partial charge in [0.1, 0.15) is 5.56 Å². The van der Waals surface area contributed by atoms with Crippen LogP contribution < -0.4 is 5.56 Å². The molecule has 0 spiro atoms. The third kappa shape index (κ3) is 3.34. The highest BCUT2D eigenvalue weighted by Gasteiger charge is 2.13. The van der Waals surface area contributed by atoms with Gasteiger partial charge in [-0.2, -0.15) is 0 Å². The SMILES string of the molecule is O=C(O)c1ccc(/C=C/C(=O)N2CCCCC2)[nH]c1=O. The average Bonchev–Trinajstić information content (AvgIpc) is 2.45. The Bertz CT molecular complexity index is 597. The van der Waals surface area contributed by atoms with Gasteiger partial charge >= 0.3 is 5.97 Å². The molecule has 0 aliphatic carbocycles. The van der Waals surface area contributed by atoms with Crippen LogP contribution in [0.25, 0.3) is 6.08 Å². The van der Waals surface area contributed by atoms with E-state index >= 15 is 0 Å². The van der Waals surface area contributed by atoms with Crippen LogP contribution in [0.15, 0.2) is 23.0 Å². The molecular weight excluding hydrogens is 260 g/mol. The highest BCUT2D eigenvalue weighted by atomic mass is 16.4. The number of nitrogens with zero attached hydrogens (tertiary/aromatic N) is 1. The van der Waals surface area contributed by atoms with E-state index in [4.69, 9.17) is 5.11 Å². The number of aromatic amines is 1. The van der Waals surface area contributed by atoms with E-state index in [1.165, 1.54) is 24.3 Å². The molecule has 0 saturated carbocycles. The van der Waals surface area contributed by atoms with Gasteiger partial charge in [-0.15, -0.1) is 0 Å². The van der Waals surface area contributed by atoms with Crippen molar-refractivity contribution in [2.45, 2.75) is 19.3 Å². The van der Waals surface area contributed by atoms with E-state index in [1.807, 2.05) is 0 Å². The Morgan fingerprint density at radius 3 is 2.50 bits per heavy atom. The Kier molecular flexibility index (Phi) is 4.34. The fourth-order valence-electron chi connectivity index (χ4n) is 2.14. The Morgan fingerprint density at radius 2 is 1.90 bits per heavy atom. The number of H-pyrrole nitrogens is 1. The van der Waals surface area contributed by atoms with Crippen LogP contribution in [0.4, 0.5) is 0 Å². The molecule has 2 heterocycles. The number of nitrogens with one attached hydrogen (secondary N) is 1. The fraction of sp³-hybridized carbons (Fsp3) is 0.357. The van der Waals surface area contributed by atoms with E-state index < -0.39 is 11.5 Å². The molecule has 6 heteroatoms. The molecule has 1 aromatic heterocycles. The number of carboxylic acids is 1. The smallest absolute Gasteiger partial charge is 0.341 e. The van der Waals surface area contributed by atoms with Crippen molar-refractivity contribution in [1.82, 2.24) is 9.88 Å². The topological polar surface area (TPSA) is 90.5 Å². The Balaban J connectivity index is 2.07. The second kappa shape index (κ2) is 6.18. The molecule has 1 saturated heterocycles. The molecule has 6 nitrogen and oxygen atoms in total. The number of aromatic carboxylic acids is 1. The zero-order valence-electron chi connectivity index (χ0n) is 11.0. The van der Waals surface area contributed by atoms with Crippen LogP contribution >= 0.6 is 0 Å². The van der Waals surface area contributed by atoms with Crippen LogP contribution in [0.3, 0.4) is 0 Å². The van der Waals surface area contributed by atoms with Crippen molar-refractivity contribution in [1.29, 1.82) is 0 Å². The zero-order valence-corrected chi connectivity index (χ0v) is 11.0. The predicted molar refractivity (Wildman–Crippen MR) is 73.5 cm³/mol. The number of aromatic nitrogens is 1. The van der Waals surface area contributed by atoms with Crippen molar-refractivity contribution in [2.24, 2.45) is 0 Å². The lowest BCUT2D eigenvalue weighted by Crippen LogP contribution is -2.34. The van der Waals surface area contributed by atoms with Crippen molar-refractivity contribution in [3.8, 4) is 0 Å². The van der Waals surface area contributed by atoms with Crippen molar-refractivity contribution in [3.05, 3.63) is 39.8 Å². The van der Waals surface area contributed by atoms with Crippen molar-refractivity contribution in [3.63, 3.8) is 0 Å². The lowest BCUT2D eigenvalue weighted by molar-refractivity contribution is -0.126. The minimum Gasteiger partial charge on any atom is -0.477 e. The molecule has 2 rings (SSSR count). The maximum absolute atomic E-state index is 11.9. The number of piperidine rings is 1. The summed E-state index contributed by atoms with van der Waals surface area (Å²) in [6.45, 7) is 1.52. The first-order valence-electron chi connectivity index (χ1n) is 6.51. The molecule has 1 amide bonds. The molecule has 1 aliphatic rings. The number of carboxylic acid groups (broad SMARTS) is 1. The Labute approximate surface area is 115 Å². The largest absolute Gasteiger partial charge is 0.477 e. The van der Waals surface area contributed by atoms with Gasteiger partial charge < -0.3 is 15.0 Å². The Morgan fingerprint density at radius 1 is 1.20 bits per heavy atom. The molecule has 0 bridgehead atoms. The van der Waals surface area contributed by atoms with Crippen molar-refractivity contribution in [2.75, 3.05) is 13.1 Å². The molecular formula is C14H16N2O4. The van der Waals surface area contributed by atoms with Crippen molar-refractivity contribution < 1.29 is 14.7 Å². The van der Waals surface area contributed by atoms with Crippen LogP contribution in [0.2, 0.25) is 0 Å². The third-order valence-corrected chi connectivity index (χ3v) is 3.24. The number of carbonyl (C=O) groups is 2. The molecule has 0 atom stereocenters. The van der Waals surface area contributed by atoms with Gasteiger partial charge in [-0.3, -0.25) is 9.59 Å². The Hall–Kier alpha value is -2.37. The monoisotopic (exact) mass is 276 g/mol. The van der Waals surface area contributed by atoms with E-state index in [2.05, 4.69) is 4.98 Å². The number of hydrogen-bond acceptors (Lipinski definition) is 3. The maximum atomic E-state index is 11.9. The summed E-state index contributed by atoms with van der Waals surface area (Å²) in [5.74, 6) is -1.36. The van der Waals surface area contributed by atoms with Gasteiger partial charge in [0.25, 0.3) is 5.56 Å². The van der Waals surface area contributed by atoms with Crippen LogP contribution in [-0.4, -0.2) is 40.0 Å². The molecule has 1 aromatic rings. The normalized spacial score (nSPS) is 15.5. The number of rotatable bonds is 3. The van der Waals surface area contributed by atoms with Crippen LogP contribution in [0.1, 0.15) is 35.3 Å². The summed E-state index contributed by atoms with van der Waals surface area (Å²) in [4.78, 5) is 38.2. The second-order valence-corrected chi connectivity index (χ2v) is 4.68. The number of carbonyl (C=O) groups excluding carboxylic acids is 1. The first-order chi connectivity index (χ1) is 9.58. The number of amides is 1. The molecule has 0 aromatic carbocycles. The summed E-state index contributed by atoms with van der Waals surface area (Å²) in [5, 5.41) is 8.75. The number of pyridine rings is 1. The lowest BCUT2D eigenvalue weighted by Gasteiger charge is -2.25. The summed E-state index contributed by atoms with van der Waals surface area (Å²) >= 11 is 0. The second-order valence-electron chi connectivity index (χ2n) is 4.68. The van der Waals surface area contributed by atoms with Crippen LogP contribution in [0, 0.1) is 0 Å². The van der Waals surface area contributed by atoms with E-state index in [-0.39, 0.29) is 11.5 Å². The number of likely N-dealkylation sites (tertiary alicyclic amines) is 1. The fourth-order valence-corrected chi connectivity index (χ4v) is 2.14. The summed E-state index contributed by atoms with van der Waals surface area (Å²) in [6.07, 6.45) is 6.08. The van der Waals surface area contributed by atoms with E-state index in [0.29, 0.717) is 5.69 Å². The predicted octanol–water partition coefficient (Wildman–Crippen LogP) is 1.10. The standard InChI is InChI=1S/C14H16N2O4/c17-12(16-8-2-1-3-9-16)7-5-10-4-6-11(14(19)20)13(18)15-10/h4-7H,1-3,8-9H2,(H,15,18)(H,19,20)/b7-5+. The molecule has 0 radical (unpaired) electrons. The lowest BCUT2D eigenvalue weighted by atomic mass is 10.1. The summed E-state index contributed by atoms with van der Waals surface area (Å²) < 4.78 is 0. The summed E-state index contributed by atoms with van der Waals surface area (Å²) in [7, 11) is 0. The summed E-state index contributed by atoms with van der Waals surface area (Å²) in [6, 6.07) is 2.69. The van der Waals surface area contributed by atoms with Gasteiger partial charge in [-0.1, -0.05) is 0 Å². The van der Waals surface area contributed by atoms with E-state index in [1.54, 1.807) is 4.90 Å². The molecule has 1 aliphatic heterocycles. The van der Waals surface area contributed by atoms with Crippen molar-refractivity contribution >= 4 is 18.0 Å². The van der Waals surface area contributed by atoms with Crippen LogP contribution in [0.5, 0.6) is 0 Å². The third-order valence-electron chi connectivity index (χ3n) is 3.24. The minimum atomic E-state index is -1.27. The minimum absolute atomic E-state index is 0.0899. The quantitative estimate of drug-likeness (QED) is 0.809. The van der Waals surface area contributed by atoms with Gasteiger partial charge in [-0.25, -0.2) is 4.79 Å². The highest BCUT2D eigenvalue weighted by molar-refractivity contribution is 5.92. The molecule has 106 valence electrons. The van der Waals surface area contributed by atoms with Gasteiger partial charge in [-0.05, 0) is 37.5 Å². The highest BCUT2D eigenvalue weighted by Crippen LogP contribution is 2.09. The van der Waals surface area contributed by atoms with E-state index in [9.17, 15) is 14.4 Å². The first-order valence-corrected chi connectivity index (χ1v) is 6.51. The van der Waals surface area contributed by atoms with E-state index in [0.717, 1.165) is 32.4 Å². The summed E-state index contributed by atoms with van der Waals surface area (Å²) in [5.41, 5.74) is -0.583. The molecule has 1 fully saturated rings. The molecule has 2 N–H and O–H groups in total. The van der Waals surface area contributed by atoms with Gasteiger partial charge in [0, 0.05) is 24.9 Å². The van der Waals surface area contributed by atoms with Crippen LogP contribution in [-0.2, 0) is 4.79 Å². The number of hydrogen-bond donors (Lipinski definition) is 2. The maximum Gasteiger partial charge on any atom is 0.341 e. The zero-order chi connectivity index (χ0) is 14.5. The first kappa shape index (κ1) is 14.0.